The minimum Gasteiger partial charge on any atom is -0.489 e. The van der Waals surface area contributed by atoms with E-state index in [0.29, 0.717) is 28.1 Å². The van der Waals surface area contributed by atoms with Crippen molar-refractivity contribution in [3.05, 3.63) is 99.0 Å². The molecule has 0 unspecified atom stereocenters. The molecule has 0 saturated heterocycles. The molecule has 0 aliphatic rings. The first-order valence-electron chi connectivity index (χ1n) is 9.68. The molecule has 0 saturated carbocycles. The number of rotatable bonds is 7. The summed E-state index contributed by atoms with van der Waals surface area (Å²) in [5.74, 6) is 0.214. The number of hydrogen-bond acceptors (Lipinski definition) is 3. The van der Waals surface area contributed by atoms with E-state index in [1.165, 1.54) is 0 Å². The molecule has 0 fully saturated rings. The summed E-state index contributed by atoms with van der Waals surface area (Å²) in [6.07, 6.45) is 2.33. The highest BCUT2D eigenvalue weighted by Gasteiger charge is 2.11. The van der Waals surface area contributed by atoms with E-state index in [1.54, 1.807) is 42.5 Å². The number of amides is 1. The van der Waals surface area contributed by atoms with Gasteiger partial charge in [-0.25, -0.2) is 0 Å². The molecule has 3 aromatic carbocycles. The molecule has 0 aliphatic carbocycles. The molecule has 0 aromatic heterocycles. The normalized spacial score (nSPS) is 11.0. The van der Waals surface area contributed by atoms with E-state index >= 15 is 0 Å². The van der Waals surface area contributed by atoms with Gasteiger partial charge in [-0.2, -0.15) is 5.26 Å². The van der Waals surface area contributed by atoms with Gasteiger partial charge in [-0.3, -0.25) is 4.79 Å². The number of nitrogens with zero attached hydrogens (tertiary/aromatic N) is 1. The lowest BCUT2D eigenvalue weighted by Crippen LogP contribution is -2.14. The predicted octanol–water partition coefficient (Wildman–Crippen LogP) is 6.68. The first kappa shape index (κ1) is 22.4. The maximum absolute atomic E-state index is 12.5. The second kappa shape index (κ2) is 10.7. The lowest BCUT2D eigenvalue weighted by Gasteiger charge is -2.09. The van der Waals surface area contributed by atoms with E-state index in [2.05, 4.69) is 5.32 Å². The number of hydrogen-bond donors (Lipinski definition) is 1. The summed E-state index contributed by atoms with van der Waals surface area (Å²) in [5.41, 5.74) is 3.36. The van der Waals surface area contributed by atoms with Gasteiger partial charge in [0.15, 0.2) is 0 Å². The smallest absolute Gasteiger partial charge is 0.266 e. The molecule has 4 nitrogen and oxygen atoms in total. The molecule has 1 amide bonds. The molecular formula is C25H20Cl2N2O2. The van der Waals surface area contributed by atoms with E-state index in [1.807, 2.05) is 43.3 Å². The van der Waals surface area contributed by atoms with Crippen molar-refractivity contribution in [2.45, 2.75) is 20.0 Å². The topological polar surface area (TPSA) is 62.1 Å². The molecule has 6 heteroatoms. The molecule has 0 bridgehead atoms. The Kier molecular flexibility index (Phi) is 7.72. The fourth-order valence-corrected chi connectivity index (χ4v) is 3.23. The van der Waals surface area contributed by atoms with E-state index in [-0.39, 0.29) is 5.57 Å². The van der Waals surface area contributed by atoms with Gasteiger partial charge in [0.1, 0.15) is 24.0 Å². The fraction of sp³-hybridized carbons (Fsp3) is 0.120. The predicted molar refractivity (Wildman–Crippen MR) is 125 cm³/mol. The summed E-state index contributed by atoms with van der Waals surface area (Å²) in [5, 5.41) is 13.2. The van der Waals surface area contributed by atoms with Gasteiger partial charge in [0, 0.05) is 5.69 Å². The highest BCUT2D eigenvalue weighted by molar-refractivity contribution is 6.42. The molecule has 0 heterocycles. The Hall–Kier alpha value is -3.26. The summed E-state index contributed by atoms with van der Waals surface area (Å²) in [7, 11) is 0. The van der Waals surface area contributed by atoms with E-state index in [4.69, 9.17) is 27.9 Å². The van der Waals surface area contributed by atoms with Crippen molar-refractivity contribution >= 4 is 40.9 Å². The Morgan fingerprint density at radius 1 is 1.06 bits per heavy atom. The number of anilines is 1. The average Bonchev–Trinajstić information content (AvgIpc) is 2.79. The van der Waals surface area contributed by atoms with Crippen molar-refractivity contribution in [2.24, 2.45) is 0 Å². The minimum absolute atomic E-state index is 0.0235. The van der Waals surface area contributed by atoms with Gasteiger partial charge in [-0.05, 0) is 59.5 Å². The number of carbonyl (C=O) groups is 1. The molecule has 3 rings (SSSR count). The Labute approximate surface area is 191 Å². The van der Waals surface area contributed by atoms with Gasteiger partial charge in [-0.1, -0.05) is 66.5 Å². The minimum atomic E-state index is -0.441. The summed E-state index contributed by atoms with van der Waals surface area (Å²) < 4.78 is 5.76. The second-order valence-corrected chi connectivity index (χ2v) is 7.56. The number of nitrogens with one attached hydrogen (secondary N) is 1. The fourth-order valence-electron chi connectivity index (χ4n) is 2.91. The van der Waals surface area contributed by atoms with Gasteiger partial charge in [-0.15, -0.1) is 0 Å². The maximum Gasteiger partial charge on any atom is 0.266 e. The van der Waals surface area contributed by atoms with Crippen LogP contribution in [-0.4, -0.2) is 5.91 Å². The van der Waals surface area contributed by atoms with Crippen LogP contribution in [0.2, 0.25) is 10.0 Å². The maximum atomic E-state index is 12.5. The van der Waals surface area contributed by atoms with Crippen LogP contribution in [-0.2, 0) is 17.8 Å². The molecule has 0 atom stereocenters. The first-order chi connectivity index (χ1) is 15.0. The van der Waals surface area contributed by atoms with Crippen LogP contribution in [0.5, 0.6) is 5.75 Å². The van der Waals surface area contributed by atoms with Crippen molar-refractivity contribution in [3.8, 4) is 11.8 Å². The van der Waals surface area contributed by atoms with Crippen LogP contribution in [0.25, 0.3) is 6.08 Å². The van der Waals surface area contributed by atoms with Crippen LogP contribution in [0.15, 0.2) is 72.3 Å². The summed E-state index contributed by atoms with van der Waals surface area (Å²) in [6, 6.07) is 22.0. The Bertz CT molecular complexity index is 1150. The number of carbonyl (C=O) groups excluding carboxylic acids is 1. The van der Waals surface area contributed by atoms with Crippen molar-refractivity contribution in [1.82, 2.24) is 0 Å². The second-order valence-electron chi connectivity index (χ2n) is 6.74. The van der Waals surface area contributed by atoms with E-state index in [9.17, 15) is 10.1 Å². The quantitative estimate of drug-likeness (QED) is 0.322. The number of nitriles is 1. The Morgan fingerprint density at radius 3 is 2.48 bits per heavy atom. The molecule has 31 heavy (non-hydrogen) atoms. The zero-order valence-electron chi connectivity index (χ0n) is 16.9. The van der Waals surface area contributed by atoms with Gasteiger partial charge < -0.3 is 10.1 Å². The third kappa shape index (κ3) is 6.11. The number of benzene rings is 3. The standard InChI is InChI=1S/C25H20Cl2N2O2/c1-2-19-5-3-4-6-24(19)29-25(30)20(15-28)13-17-7-10-21(11-8-17)31-16-18-9-12-22(26)23(27)14-18/h3-14H,2,16H2,1H3,(H,29,30)/b20-13+. The zero-order valence-corrected chi connectivity index (χ0v) is 18.4. The van der Waals surface area contributed by atoms with Crippen molar-refractivity contribution < 1.29 is 9.53 Å². The monoisotopic (exact) mass is 450 g/mol. The molecule has 0 aliphatic heterocycles. The van der Waals surface area contributed by atoms with Crippen LogP contribution >= 0.6 is 23.2 Å². The highest BCUT2D eigenvalue weighted by atomic mass is 35.5. The first-order valence-corrected chi connectivity index (χ1v) is 10.4. The lowest BCUT2D eigenvalue weighted by molar-refractivity contribution is -0.112. The Balaban J connectivity index is 1.66. The molecule has 1 N–H and O–H groups in total. The van der Waals surface area contributed by atoms with E-state index in [0.717, 1.165) is 23.1 Å². The zero-order chi connectivity index (χ0) is 22.2. The molecule has 3 aromatic rings. The number of para-hydroxylation sites is 1. The van der Waals surface area contributed by atoms with Crippen LogP contribution in [0.4, 0.5) is 5.69 Å². The lowest BCUT2D eigenvalue weighted by atomic mass is 10.1. The highest BCUT2D eigenvalue weighted by Crippen LogP contribution is 2.24. The van der Waals surface area contributed by atoms with Gasteiger partial charge in [0.25, 0.3) is 5.91 Å². The van der Waals surface area contributed by atoms with Crippen LogP contribution < -0.4 is 10.1 Å². The number of halogens is 2. The van der Waals surface area contributed by atoms with Crippen LogP contribution in [0, 0.1) is 11.3 Å². The van der Waals surface area contributed by atoms with Crippen LogP contribution in [0.3, 0.4) is 0 Å². The molecule has 0 spiro atoms. The van der Waals surface area contributed by atoms with E-state index < -0.39 is 5.91 Å². The number of aryl methyl sites for hydroxylation is 1. The van der Waals surface area contributed by atoms with Crippen molar-refractivity contribution in [1.29, 1.82) is 5.26 Å². The SMILES string of the molecule is CCc1ccccc1NC(=O)/C(C#N)=C/c1ccc(OCc2ccc(Cl)c(Cl)c2)cc1. The molecule has 0 radical (unpaired) electrons. The van der Waals surface area contributed by atoms with Gasteiger partial charge in [0.2, 0.25) is 0 Å². The molecular weight excluding hydrogens is 431 g/mol. The van der Waals surface area contributed by atoms with Crippen molar-refractivity contribution in [3.63, 3.8) is 0 Å². The van der Waals surface area contributed by atoms with Crippen LogP contribution in [0.1, 0.15) is 23.6 Å². The summed E-state index contributed by atoms with van der Waals surface area (Å²) >= 11 is 11.9. The number of ether oxygens (including phenoxy) is 1. The summed E-state index contributed by atoms with van der Waals surface area (Å²) in [4.78, 5) is 12.5. The van der Waals surface area contributed by atoms with Crippen molar-refractivity contribution in [2.75, 3.05) is 5.32 Å². The largest absolute Gasteiger partial charge is 0.489 e. The van der Waals surface area contributed by atoms with Gasteiger partial charge >= 0.3 is 0 Å². The molecule has 156 valence electrons. The third-order valence-corrected chi connectivity index (χ3v) is 5.33. The summed E-state index contributed by atoms with van der Waals surface area (Å²) in [6.45, 7) is 2.35. The third-order valence-electron chi connectivity index (χ3n) is 4.59. The average molecular weight is 451 g/mol. The van der Waals surface area contributed by atoms with Gasteiger partial charge in [0.05, 0.1) is 10.0 Å². The Morgan fingerprint density at radius 2 is 1.81 bits per heavy atom.